The Kier molecular flexibility index (Phi) is 5.47. The quantitative estimate of drug-likeness (QED) is 0.519. The lowest BCUT2D eigenvalue weighted by Gasteiger charge is -2.08. The lowest BCUT2D eigenvalue weighted by Crippen LogP contribution is -2.33. The van der Waals surface area contributed by atoms with Crippen LogP contribution in [-0.2, 0) is 16.0 Å². The molecule has 0 atom stereocenters. The van der Waals surface area contributed by atoms with Crippen molar-refractivity contribution in [3.63, 3.8) is 0 Å². The van der Waals surface area contributed by atoms with Crippen LogP contribution in [0.25, 0.3) is 10.8 Å². The Morgan fingerprint density at radius 2 is 1.67 bits per heavy atom. The molecule has 0 unspecified atom stereocenters. The zero-order valence-corrected chi connectivity index (χ0v) is 14.5. The highest BCUT2D eigenvalue weighted by Crippen LogP contribution is 2.20. The van der Waals surface area contributed by atoms with Crippen molar-refractivity contribution in [2.75, 3.05) is 6.54 Å². The number of carbonyl (C=O) groups is 3. The molecule has 0 aliphatic heterocycles. The third kappa shape index (κ3) is 4.70. The Balaban J connectivity index is 1.70. The van der Waals surface area contributed by atoms with Crippen LogP contribution in [0.15, 0.2) is 66.7 Å². The molecule has 3 rings (SSSR count). The Labute approximate surface area is 155 Å². The summed E-state index contributed by atoms with van der Waals surface area (Å²) >= 11 is 0. The summed E-state index contributed by atoms with van der Waals surface area (Å²) in [5.74, 6) is -1.28. The summed E-state index contributed by atoms with van der Waals surface area (Å²) in [7, 11) is 0. The van der Waals surface area contributed by atoms with Crippen molar-refractivity contribution in [3.05, 3.63) is 77.9 Å². The predicted octanol–water partition coefficient (Wildman–Crippen LogP) is 2.20. The molecule has 2 amide bonds. The number of esters is 1. The molecular weight excluding hydrogens is 344 g/mol. The van der Waals surface area contributed by atoms with Gasteiger partial charge in [-0.25, -0.2) is 0 Å². The Bertz CT molecular complexity index is 1010. The Morgan fingerprint density at radius 1 is 0.926 bits per heavy atom. The zero-order valence-electron chi connectivity index (χ0n) is 14.5. The van der Waals surface area contributed by atoms with E-state index in [1.165, 1.54) is 6.07 Å². The lowest BCUT2D eigenvalue weighted by molar-refractivity contribution is -0.133. The highest BCUT2D eigenvalue weighted by molar-refractivity contribution is 5.96. The largest absolute Gasteiger partial charge is 0.426 e. The van der Waals surface area contributed by atoms with Gasteiger partial charge in [0.15, 0.2) is 0 Å². The van der Waals surface area contributed by atoms with Gasteiger partial charge in [-0.2, -0.15) is 0 Å². The van der Waals surface area contributed by atoms with E-state index in [4.69, 9.17) is 10.5 Å². The summed E-state index contributed by atoms with van der Waals surface area (Å²) in [5, 5.41) is 4.43. The van der Waals surface area contributed by atoms with Gasteiger partial charge in [-0.05, 0) is 34.5 Å². The molecule has 0 aromatic heterocycles. The van der Waals surface area contributed by atoms with E-state index in [1.807, 2.05) is 42.5 Å². The van der Waals surface area contributed by atoms with E-state index in [2.05, 4.69) is 5.32 Å². The van der Waals surface area contributed by atoms with Crippen molar-refractivity contribution in [1.29, 1.82) is 0 Å². The number of benzene rings is 3. The van der Waals surface area contributed by atoms with Crippen molar-refractivity contribution >= 4 is 28.6 Å². The van der Waals surface area contributed by atoms with Gasteiger partial charge in [0.2, 0.25) is 5.91 Å². The lowest BCUT2D eigenvalue weighted by atomic mass is 10.0. The summed E-state index contributed by atoms with van der Waals surface area (Å²) in [6.07, 6.45) is 0.111. The van der Waals surface area contributed by atoms with E-state index in [1.54, 1.807) is 18.2 Å². The summed E-state index contributed by atoms with van der Waals surface area (Å²) in [4.78, 5) is 35.1. The molecule has 0 saturated carbocycles. The molecule has 3 N–H and O–H groups in total. The molecule has 0 fully saturated rings. The first-order chi connectivity index (χ1) is 13.0. The van der Waals surface area contributed by atoms with Crippen LogP contribution in [0.4, 0.5) is 0 Å². The van der Waals surface area contributed by atoms with Crippen LogP contribution in [-0.4, -0.2) is 24.3 Å². The molecule has 0 bridgehead atoms. The molecule has 6 heteroatoms. The maximum atomic E-state index is 12.3. The van der Waals surface area contributed by atoms with E-state index in [-0.39, 0.29) is 24.3 Å². The fraction of sp³-hybridized carbons (Fsp3) is 0.0952. The van der Waals surface area contributed by atoms with Crippen molar-refractivity contribution < 1.29 is 19.1 Å². The number of carbonyl (C=O) groups excluding carboxylic acids is 3. The van der Waals surface area contributed by atoms with E-state index in [0.717, 1.165) is 16.3 Å². The van der Waals surface area contributed by atoms with Crippen LogP contribution in [0.2, 0.25) is 0 Å². The number of rotatable bonds is 6. The van der Waals surface area contributed by atoms with Gasteiger partial charge in [-0.15, -0.1) is 0 Å². The fourth-order valence-corrected chi connectivity index (χ4v) is 2.74. The average molecular weight is 362 g/mol. The minimum Gasteiger partial charge on any atom is -0.426 e. The topological polar surface area (TPSA) is 98.5 Å². The minimum absolute atomic E-state index is 0.111. The van der Waals surface area contributed by atoms with Gasteiger partial charge in [-0.3, -0.25) is 14.4 Å². The standard InChI is InChI=1S/C21H18N2O4/c22-19(24)13-23-21(26)16-8-4-9-17(11-16)27-20(25)12-15-7-3-6-14-5-1-2-10-18(14)15/h1-11H,12-13H2,(H2,22,24)(H,23,26). The number of amides is 2. The first-order valence-corrected chi connectivity index (χ1v) is 8.37. The second-order valence-corrected chi connectivity index (χ2v) is 5.97. The first kappa shape index (κ1) is 18.1. The van der Waals surface area contributed by atoms with Crippen LogP contribution in [0.1, 0.15) is 15.9 Å². The third-order valence-corrected chi connectivity index (χ3v) is 3.97. The monoisotopic (exact) mass is 362 g/mol. The SMILES string of the molecule is NC(=O)CNC(=O)c1cccc(OC(=O)Cc2cccc3ccccc23)c1. The highest BCUT2D eigenvalue weighted by atomic mass is 16.5. The number of fused-ring (bicyclic) bond motifs is 1. The molecule has 3 aromatic carbocycles. The Hall–Kier alpha value is -3.67. The van der Waals surface area contributed by atoms with Gasteiger partial charge in [0.05, 0.1) is 13.0 Å². The molecule has 27 heavy (non-hydrogen) atoms. The maximum absolute atomic E-state index is 12.3. The molecule has 136 valence electrons. The van der Waals surface area contributed by atoms with E-state index < -0.39 is 17.8 Å². The van der Waals surface area contributed by atoms with Crippen LogP contribution in [0, 0.1) is 0 Å². The van der Waals surface area contributed by atoms with Gasteiger partial charge in [0.1, 0.15) is 5.75 Å². The summed E-state index contributed by atoms with van der Waals surface area (Å²) in [6.45, 7) is -0.260. The summed E-state index contributed by atoms with van der Waals surface area (Å²) in [6, 6.07) is 19.8. The maximum Gasteiger partial charge on any atom is 0.315 e. The fourth-order valence-electron chi connectivity index (χ4n) is 2.74. The van der Waals surface area contributed by atoms with Crippen LogP contribution >= 0.6 is 0 Å². The average Bonchev–Trinajstić information content (AvgIpc) is 2.66. The number of hydrogen-bond donors (Lipinski definition) is 2. The van der Waals surface area contributed by atoms with E-state index >= 15 is 0 Å². The molecule has 0 aliphatic carbocycles. The first-order valence-electron chi connectivity index (χ1n) is 8.37. The number of nitrogens with two attached hydrogens (primary N) is 1. The van der Waals surface area contributed by atoms with E-state index in [0.29, 0.717) is 0 Å². The number of primary amides is 1. The van der Waals surface area contributed by atoms with Gasteiger partial charge in [0.25, 0.3) is 5.91 Å². The zero-order chi connectivity index (χ0) is 19.2. The number of ether oxygens (including phenoxy) is 1. The van der Waals surface area contributed by atoms with Crippen LogP contribution in [0.3, 0.4) is 0 Å². The van der Waals surface area contributed by atoms with Gasteiger partial charge < -0.3 is 15.8 Å². The van der Waals surface area contributed by atoms with E-state index in [9.17, 15) is 14.4 Å². The smallest absolute Gasteiger partial charge is 0.315 e. The summed E-state index contributed by atoms with van der Waals surface area (Å²) in [5.41, 5.74) is 6.14. The molecular formula is C21H18N2O4. The van der Waals surface area contributed by atoms with Crippen LogP contribution < -0.4 is 15.8 Å². The molecule has 0 heterocycles. The van der Waals surface area contributed by atoms with Gasteiger partial charge in [0, 0.05) is 5.56 Å². The second kappa shape index (κ2) is 8.14. The normalized spacial score (nSPS) is 10.4. The molecule has 0 aliphatic rings. The molecule has 6 nitrogen and oxygen atoms in total. The third-order valence-electron chi connectivity index (χ3n) is 3.97. The number of hydrogen-bond acceptors (Lipinski definition) is 4. The predicted molar refractivity (Wildman–Crippen MR) is 101 cm³/mol. The molecule has 0 spiro atoms. The molecule has 0 saturated heterocycles. The van der Waals surface area contributed by atoms with Crippen molar-refractivity contribution in [1.82, 2.24) is 5.32 Å². The van der Waals surface area contributed by atoms with Crippen molar-refractivity contribution in [3.8, 4) is 5.75 Å². The summed E-state index contributed by atoms with van der Waals surface area (Å²) < 4.78 is 5.37. The van der Waals surface area contributed by atoms with Gasteiger partial charge in [-0.1, -0.05) is 48.5 Å². The number of nitrogens with one attached hydrogen (secondary N) is 1. The highest BCUT2D eigenvalue weighted by Gasteiger charge is 2.12. The molecule has 0 radical (unpaired) electrons. The molecule has 3 aromatic rings. The van der Waals surface area contributed by atoms with Crippen molar-refractivity contribution in [2.45, 2.75) is 6.42 Å². The Morgan fingerprint density at radius 3 is 2.48 bits per heavy atom. The minimum atomic E-state index is -0.638. The van der Waals surface area contributed by atoms with Crippen LogP contribution in [0.5, 0.6) is 5.75 Å². The van der Waals surface area contributed by atoms with Crippen molar-refractivity contribution in [2.24, 2.45) is 5.73 Å². The van der Waals surface area contributed by atoms with Gasteiger partial charge >= 0.3 is 5.97 Å². The second-order valence-electron chi connectivity index (χ2n) is 5.97.